The number of aromatic hydroxyl groups is 2. The summed E-state index contributed by atoms with van der Waals surface area (Å²) in [5.74, 6) is -5.98. The fourth-order valence-corrected chi connectivity index (χ4v) is 3.84. The smallest absolute Gasteiger partial charge is 0.326 e. The second-order valence-electron chi connectivity index (χ2n) is 9.54. The number of hydrogen-bond acceptors (Lipinski definition) is 9. The molecule has 0 saturated heterocycles. The van der Waals surface area contributed by atoms with Gasteiger partial charge in [0.1, 0.15) is 29.6 Å². The quantitative estimate of drug-likeness (QED) is 0.103. The molecule has 0 aliphatic heterocycles. The highest BCUT2D eigenvalue weighted by Gasteiger charge is 2.31. The highest BCUT2D eigenvalue weighted by atomic mass is 16.4. The standard InChI is InChI=1S/C27H34N6O9/c28-18(11-14-1-5-16(34)6-2-14)24(38)32-20(13-23(30)37)26(40)31-19(9-10-22(29)36)25(39)33-21(27(41)42)12-15-3-7-17(35)8-4-15/h1-8,18-21,34-35H,9-13,28H2,(H2,29,36)(H2,30,37)(H,31,40)(H,32,38)(H,33,39)(H,41,42). The molecule has 0 radical (unpaired) electrons. The summed E-state index contributed by atoms with van der Waals surface area (Å²) in [5, 5.41) is 35.4. The van der Waals surface area contributed by atoms with Gasteiger partial charge in [0.05, 0.1) is 12.5 Å². The van der Waals surface area contributed by atoms with Gasteiger partial charge in [0.25, 0.3) is 0 Å². The van der Waals surface area contributed by atoms with Gasteiger partial charge in [-0.1, -0.05) is 24.3 Å². The van der Waals surface area contributed by atoms with Gasteiger partial charge in [-0.2, -0.15) is 0 Å². The molecular formula is C27H34N6O9. The molecule has 4 unspecified atom stereocenters. The minimum absolute atomic E-state index is 0.0138. The Labute approximate surface area is 240 Å². The molecule has 42 heavy (non-hydrogen) atoms. The maximum absolute atomic E-state index is 13.1. The third-order valence-electron chi connectivity index (χ3n) is 6.07. The van der Waals surface area contributed by atoms with Crippen LogP contribution in [-0.2, 0) is 41.6 Å². The predicted octanol–water partition coefficient (Wildman–Crippen LogP) is -2.11. The molecule has 2 aromatic carbocycles. The molecule has 2 aromatic rings. The molecule has 226 valence electrons. The van der Waals surface area contributed by atoms with E-state index in [9.17, 15) is 44.1 Å². The van der Waals surface area contributed by atoms with E-state index in [1.807, 2.05) is 0 Å². The van der Waals surface area contributed by atoms with Crippen molar-refractivity contribution < 1.29 is 44.1 Å². The number of amides is 5. The number of primary amides is 2. The van der Waals surface area contributed by atoms with Gasteiger partial charge in [-0.3, -0.25) is 24.0 Å². The molecular weight excluding hydrogens is 552 g/mol. The Bertz CT molecular complexity index is 1280. The maximum Gasteiger partial charge on any atom is 0.326 e. The Hall–Kier alpha value is -5.18. The largest absolute Gasteiger partial charge is 0.508 e. The maximum atomic E-state index is 13.1. The van der Waals surface area contributed by atoms with E-state index in [1.54, 1.807) is 12.1 Å². The van der Waals surface area contributed by atoms with Crippen molar-refractivity contribution >= 4 is 35.5 Å². The van der Waals surface area contributed by atoms with Crippen molar-refractivity contribution in [2.45, 2.75) is 56.3 Å². The Balaban J connectivity index is 2.16. The second-order valence-corrected chi connectivity index (χ2v) is 9.54. The molecule has 0 spiro atoms. The predicted molar refractivity (Wildman–Crippen MR) is 147 cm³/mol. The first kappa shape index (κ1) is 33.0. The molecule has 15 nitrogen and oxygen atoms in total. The zero-order valence-corrected chi connectivity index (χ0v) is 22.5. The lowest BCUT2D eigenvalue weighted by atomic mass is 10.0. The van der Waals surface area contributed by atoms with Gasteiger partial charge in [-0.25, -0.2) is 4.79 Å². The van der Waals surface area contributed by atoms with Crippen LogP contribution in [0.2, 0.25) is 0 Å². The summed E-state index contributed by atoms with van der Waals surface area (Å²) in [7, 11) is 0. The number of nitrogens with two attached hydrogens (primary N) is 3. The van der Waals surface area contributed by atoms with Crippen LogP contribution in [0.15, 0.2) is 48.5 Å². The first-order valence-corrected chi connectivity index (χ1v) is 12.8. The van der Waals surface area contributed by atoms with Gasteiger partial charge in [0, 0.05) is 12.8 Å². The third-order valence-corrected chi connectivity index (χ3v) is 6.07. The van der Waals surface area contributed by atoms with E-state index in [2.05, 4.69) is 16.0 Å². The van der Waals surface area contributed by atoms with E-state index in [-0.39, 0.29) is 37.2 Å². The monoisotopic (exact) mass is 586 g/mol. The fourth-order valence-electron chi connectivity index (χ4n) is 3.84. The number of nitrogens with one attached hydrogen (secondary N) is 3. The van der Waals surface area contributed by atoms with E-state index in [1.165, 1.54) is 36.4 Å². The minimum Gasteiger partial charge on any atom is -0.508 e. The number of carbonyl (C=O) groups is 6. The van der Waals surface area contributed by atoms with E-state index in [0.29, 0.717) is 11.1 Å². The van der Waals surface area contributed by atoms with Crippen LogP contribution < -0.4 is 33.2 Å². The summed E-state index contributed by atoms with van der Waals surface area (Å²) in [6.07, 6.45) is -1.49. The number of hydrogen-bond donors (Lipinski definition) is 9. The average Bonchev–Trinajstić information content (AvgIpc) is 2.91. The van der Waals surface area contributed by atoms with Crippen molar-refractivity contribution in [2.75, 3.05) is 0 Å². The van der Waals surface area contributed by atoms with Crippen molar-refractivity contribution in [1.82, 2.24) is 16.0 Å². The molecule has 0 bridgehead atoms. The molecule has 0 aliphatic carbocycles. The lowest BCUT2D eigenvalue weighted by molar-refractivity contribution is -0.142. The molecule has 0 aromatic heterocycles. The summed E-state index contributed by atoms with van der Waals surface area (Å²) >= 11 is 0. The van der Waals surface area contributed by atoms with Crippen LogP contribution in [-0.4, -0.2) is 75.0 Å². The van der Waals surface area contributed by atoms with E-state index < -0.39 is 66.1 Å². The summed E-state index contributed by atoms with van der Waals surface area (Å²) in [6, 6.07) is 5.86. The van der Waals surface area contributed by atoms with E-state index >= 15 is 0 Å². The van der Waals surface area contributed by atoms with Crippen molar-refractivity contribution in [3.8, 4) is 11.5 Å². The molecule has 2 rings (SSSR count). The summed E-state index contributed by atoms with van der Waals surface area (Å²) in [6.45, 7) is 0. The highest BCUT2D eigenvalue weighted by molar-refractivity contribution is 5.96. The Morgan fingerprint density at radius 2 is 1.10 bits per heavy atom. The van der Waals surface area contributed by atoms with Crippen LogP contribution >= 0.6 is 0 Å². The number of phenolic OH excluding ortho intramolecular Hbond substituents is 2. The number of carbonyl (C=O) groups excluding carboxylic acids is 5. The Morgan fingerprint density at radius 3 is 1.57 bits per heavy atom. The van der Waals surface area contributed by atoms with Gasteiger partial charge < -0.3 is 48.5 Å². The molecule has 4 atom stereocenters. The lowest BCUT2D eigenvalue weighted by Crippen LogP contribution is -2.58. The SMILES string of the molecule is NC(=O)CCC(NC(=O)C(CC(N)=O)NC(=O)C(N)Cc1ccc(O)cc1)C(=O)NC(Cc1ccc(O)cc1)C(=O)O. The number of rotatable bonds is 16. The second kappa shape index (κ2) is 15.6. The molecule has 0 heterocycles. The summed E-state index contributed by atoms with van der Waals surface area (Å²) in [5.41, 5.74) is 17.5. The minimum atomic E-state index is -1.56. The van der Waals surface area contributed by atoms with Gasteiger partial charge in [0.2, 0.25) is 29.5 Å². The van der Waals surface area contributed by atoms with Crippen LogP contribution in [0, 0.1) is 0 Å². The zero-order valence-electron chi connectivity index (χ0n) is 22.5. The number of carboxylic acids is 1. The molecule has 12 N–H and O–H groups in total. The molecule has 5 amide bonds. The molecule has 0 saturated carbocycles. The van der Waals surface area contributed by atoms with E-state index in [0.717, 1.165) is 0 Å². The highest BCUT2D eigenvalue weighted by Crippen LogP contribution is 2.13. The summed E-state index contributed by atoms with van der Waals surface area (Å²) < 4.78 is 0. The summed E-state index contributed by atoms with van der Waals surface area (Å²) in [4.78, 5) is 73.8. The molecule has 0 fully saturated rings. The van der Waals surface area contributed by atoms with Gasteiger partial charge in [0.15, 0.2) is 0 Å². The molecule has 0 aliphatic rings. The number of phenols is 2. The average molecular weight is 587 g/mol. The van der Waals surface area contributed by atoms with Crippen LogP contribution in [0.4, 0.5) is 0 Å². The molecule has 15 heteroatoms. The fraction of sp³-hybridized carbons (Fsp3) is 0.333. The Kier molecular flexibility index (Phi) is 12.2. The van der Waals surface area contributed by atoms with Gasteiger partial charge >= 0.3 is 5.97 Å². The van der Waals surface area contributed by atoms with Gasteiger partial charge in [-0.15, -0.1) is 0 Å². The Morgan fingerprint density at radius 1 is 0.643 bits per heavy atom. The van der Waals surface area contributed by atoms with Crippen LogP contribution in [0.1, 0.15) is 30.4 Å². The number of carboxylic acid groups (broad SMARTS) is 1. The lowest BCUT2D eigenvalue weighted by Gasteiger charge is -2.25. The van der Waals surface area contributed by atoms with E-state index in [4.69, 9.17) is 17.2 Å². The van der Waals surface area contributed by atoms with Crippen LogP contribution in [0.25, 0.3) is 0 Å². The third kappa shape index (κ3) is 11.1. The van der Waals surface area contributed by atoms with Crippen LogP contribution in [0.3, 0.4) is 0 Å². The van der Waals surface area contributed by atoms with Crippen molar-refractivity contribution in [2.24, 2.45) is 17.2 Å². The zero-order chi connectivity index (χ0) is 31.4. The van der Waals surface area contributed by atoms with Gasteiger partial charge in [-0.05, 0) is 48.2 Å². The number of benzene rings is 2. The van der Waals surface area contributed by atoms with Crippen molar-refractivity contribution in [3.05, 3.63) is 59.7 Å². The first-order valence-electron chi connectivity index (χ1n) is 12.8. The first-order chi connectivity index (χ1) is 19.7. The van der Waals surface area contributed by atoms with Crippen molar-refractivity contribution in [3.63, 3.8) is 0 Å². The topological polar surface area (TPSA) is 277 Å². The van der Waals surface area contributed by atoms with Crippen molar-refractivity contribution in [1.29, 1.82) is 0 Å². The number of aliphatic carboxylic acids is 1. The van der Waals surface area contributed by atoms with Crippen LogP contribution in [0.5, 0.6) is 11.5 Å². The normalized spacial score (nSPS) is 13.5.